The Morgan fingerprint density at radius 3 is 3.12 bits per heavy atom. The highest BCUT2D eigenvalue weighted by Gasteiger charge is 2.10. The van der Waals surface area contributed by atoms with E-state index in [1.165, 1.54) is 0 Å². The van der Waals surface area contributed by atoms with Gasteiger partial charge in [-0.2, -0.15) is 4.98 Å². The second kappa shape index (κ2) is 3.48. The normalized spacial score (nSPS) is 11.1. The first-order valence-corrected chi connectivity index (χ1v) is 5.05. The Morgan fingerprint density at radius 1 is 1.47 bits per heavy atom. The number of rotatable bonds is 2. The first-order chi connectivity index (χ1) is 8.24. The van der Waals surface area contributed by atoms with E-state index in [4.69, 9.17) is 5.73 Å². The topological polar surface area (TPSA) is 105 Å². The fraction of sp³-hybridized carbons (Fsp3) is 0.100. The number of aromatic nitrogens is 5. The van der Waals surface area contributed by atoms with Crippen LogP contribution >= 0.6 is 0 Å². The van der Waals surface area contributed by atoms with Gasteiger partial charge in [0.1, 0.15) is 5.65 Å². The molecular weight excluding hydrogens is 220 g/mol. The highest BCUT2D eigenvalue weighted by Crippen LogP contribution is 2.13. The number of aromatic amines is 2. The van der Waals surface area contributed by atoms with Gasteiger partial charge in [0.05, 0.1) is 18.3 Å². The smallest absolute Gasteiger partial charge is 0.262 e. The van der Waals surface area contributed by atoms with Gasteiger partial charge in [-0.05, 0) is 0 Å². The van der Waals surface area contributed by atoms with Crippen molar-refractivity contribution in [3.8, 4) is 0 Å². The molecule has 3 aromatic heterocycles. The van der Waals surface area contributed by atoms with Crippen LogP contribution in [-0.2, 0) is 6.54 Å². The van der Waals surface area contributed by atoms with Crippen molar-refractivity contribution >= 4 is 17.0 Å². The van der Waals surface area contributed by atoms with Gasteiger partial charge < -0.3 is 15.3 Å². The van der Waals surface area contributed by atoms with Crippen molar-refractivity contribution in [2.24, 2.45) is 0 Å². The lowest BCUT2D eigenvalue weighted by atomic mass is 10.2. The molecule has 7 nitrogen and oxygen atoms in total. The third-order valence-corrected chi connectivity index (χ3v) is 2.55. The van der Waals surface area contributed by atoms with Gasteiger partial charge in [0.25, 0.3) is 5.56 Å². The first kappa shape index (κ1) is 9.64. The van der Waals surface area contributed by atoms with E-state index in [0.717, 1.165) is 5.56 Å². The average Bonchev–Trinajstić information content (AvgIpc) is 2.88. The second-order valence-corrected chi connectivity index (χ2v) is 3.72. The molecule has 0 atom stereocenters. The summed E-state index contributed by atoms with van der Waals surface area (Å²) in [5, 5.41) is 0.535. The van der Waals surface area contributed by atoms with Crippen LogP contribution < -0.4 is 11.3 Å². The summed E-state index contributed by atoms with van der Waals surface area (Å²) in [6, 6.07) is 0. The molecular formula is C10H10N6O. The van der Waals surface area contributed by atoms with E-state index >= 15 is 0 Å². The van der Waals surface area contributed by atoms with Crippen LogP contribution in [0.15, 0.2) is 29.7 Å². The van der Waals surface area contributed by atoms with Crippen LogP contribution in [0, 0.1) is 0 Å². The number of fused-ring (bicyclic) bond motifs is 1. The summed E-state index contributed by atoms with van der Waals surface area (Å²) in [5.41, 5.74) is 6.59. The molecule has 3 rings (SSSR count). The lowest BCUT2D eigenvalue weighted by Crippen LogP contribution is -2.12. The summed E-state index contributed by atoms with van der Waals surface area (Å²) in [6.45, 7) is 0.564. The Labute approximate surface area is 95.3 Å². The standard InChI is InChI=1S/C10H10N6O/c11-10-14-8-7(9(17)15-10)6(3-13-8)4-16-2-1-12-5-16/h1-3,5H,4H2,(H4,11,13,14,15,17). The second-order valence-electron chi connectivity index (χ2n) is 3.72. The minimum absolute atomic E-state index is 0.110. The van der Waals surface area contributed by atoms with E-state index in [1.807, 2.05) is 10.8 Å². The van der Waals surface area contributed by atoms with Crippen LogP contribution in [0.5, 0.6) is 0 Å². The molecule has 0 amide bonds. The fourth-order valence-corrected chi connectivity index (χ4v) is 1.82. The molecule has 3 aromatic rings. The molecule has 0 bridgehead atoms. The quantitative estimate of drug-likeness (QED) is 0.579. The maximum Gasteiger partial charge on any atom is 0.262 e. The van der Waals surface area contributed by atoms with Crippen molar-refractivity contribution in [1.82, 2.24) is 24.5 Å². The third kappa shape index (κ3) is 1.57. The van der Waals surface area contributed by atoms with E-state index in [2.05, 4.69) is 19.9 Å². The Balaban J connectivity index is 2.15. The van der Waals surface area contributed by atoms with Gasteiger partial charge >= 0.3 is 0 Å². The van der Waals surface area contributed by atoms with Crippen molar-refractivity contribution in [2.45, 2.75) is 6.54 Å². The van der Waals surface area contributed by atoms with Gasteiger partial charge in [-0.25, -0.2) is 4.98 Å². The highest BCUT2D eigenvalue weighted by atomic mass is 16.1. The zero-order valence-electron chi connectivity index (χ0n) is 8.84. The molecule has 86 valence electrons. The van der Waals surface area contributed by atoms with Crippen LogP contribution in [0.1, 0.15) is 5.56 Å². The average molecular weight is 230 g/mol. The first-order valence-electron chi connectivity index (χ1n) is 5.05. The summed E-state index contributed by atoms with van der Waals surface area (Å²) < 4.78 is 1.87. The lowest BCUT2D eigenvalue weighted by Gasteiger charge is -1.99. The number of hydrogen-bond donors (Lipinski definition) is 3. The molecule has 0 aliphatic rings. The maximum absolute atomic E-state index is 11.8. The number of imidazole rings is 1. The molecule has 0 aliphatic carbocycles. The van der Waals surface area contributed by atoms with E-state index in [9.17, 15) is 4.79 Å². The predicted molar refractivity (Wildman–Crippen MR) is 62.5 cm³/mol. The maximum atomic E-state index is 11.8. The van der Waals surface area contributed by atoms with Crippen LogP contribution in [0.2, 0.25) is 0 Å². The van der Waals surface area contributed by atoms with Gasteiger partial charge in [0.2, 0.25) is 5.95 Å². The molecule has 0 fully saturated rings. The molecule has 0 aromatic carbocycles. The molecule has 0 unspecified atom stereocenters. The fourth-order valence-electron chi connectivity index (χ4n) is 1.82. The Bertz CT molecular complexity index is 708. The van der Waals surface area contributed by atoms with E-state index in [1.54, 1.807) is 18.7 Å². The molecule has 3 heterocycles. The molecule has 7 heteroatoms. The monoisotopic (exact) mass is 230 g/mol. The Hall–Kier alpha value is -2.57. The van der Waals surface area contributed by atoms with Gasteiger partial charge in [-0.15, -0.1) is 0 Å². The highest BCUT2D eigenvalue weighted by molar-refractivity contribution is 5.79. The van der Waals surface area contributed by atoms with Gasteiger partial charge in [-0.1, -0.05) is 0 Å². The van der Waals surface area contributed by atoms with Gasteiger partial charge in [0.15, 0.2) is 0 Å². The number of anilines is 1. The van der Waals surface area contributed by atoms with E-state index in [-0.39, 0.29) is 11.5 Å². The number of hydrogen-bond acceptors (Lipinski definition) is 4. The molecule has 0 saturated heterocycles. The Morgan fingerprint density at radius 2 is 2.35 bits per heavy atom. The van der Waals surface area contributed by atoms with Crippen LogP contribution in [-0.4, -0.2) is 24.5 Å². The van der Waals surface area contributed by atoms with Crippen molar-refractivity contribution in [1.29, 1.82) is 0 Å². The van der Waals surface area contributed by atoms with E-state index in [0.29, 0.717) is 17.6 Å². The zero-order chi connectivity index (χ0) is 11.8. The largest absolute Gasteiger partial charge is 0.369 e. The van der Waals surface area contributed by atoms with Crippen molar-refractivity contribution in [3.05, 3.63) is 40.8 Å². The van der Waals surface area contributed by atoms with Gasteiger partial charge in [0, 0.05) is 24.2 Å². The van der Waals surface area contributed by atoms with Crippen molar-refractivity contribution in [3.63, 3.8) is 0 Å². The number of nitrogens with two attached hydrogens (primary N) is 1. The van der Waals surface area contributed by atoms with E-state index < -0.39 is 0 Å². The van der Waals surface area contributed by atoms with Crippen molar-refractivity contribution in [2.75, 3.05) is 5.73 Å². The van der Waals surface area contributed by atoms with Crippen molar-refractivity contribution < 1.29 is 0 Å². The molecule has 17 heavy (non-hydrogen) atoms. The molecule has 0 aliphatic heterocycles. The lowest BCUT2D eigenvalue weighted by molar-refractivity contribution is 0.802. The third-order valence-electron chi connectivity index (χ3n) is 2.55. The number of nitrogens with one attached hydrogen (secondary N) is 2. The molecule has 4 N–H and O–H groups in total. The van der Waals surface area contributed by atoms with Crippen LogP contribution in [0.25, 0.3) is 11.0 Å². The molecule has 0 spiro atoms. The summed E-state index contributed by atoms with van der Waals surface area (Å²) >= 11 is 0. The Kier molecular flexibility index (Phi) is 1.97. The SMILES string of the molecule is Nc1nc2[nH]cc(Cn3ccnc3)c2c(=O)[nH]1. The molecule has 0 saturated carbocycles. The molecule has 0 radical (unpaired) electrons. The summed E-state index contributed by atoms with van der Waals surface area (Å²) in [5.74, 6) is 0.110. The summed E-state index contributed by atoms with van der Waals surface area (Å²) in [4.78, 5) is 25.2. The van der Waals surface area contributed by atoms with Crippen LogP contribution in [0.4, 0.5) is 5.95 Å². The van der Waals surface area contributed by atoms with Gasteiger partial charge in [-0.3, -0.25) is 9.78 Å². The van der Waals surface area contributed by atoms with Crippen LogP contribution in [0.3, 0.4) is 0 Å². The minimum atomic E-state index is -0.233. The number of nitrogen functional groups attached to an aromatic ring is 1. The minimum Gasteiger partial charge on any atom is -0.369 e. The zero-order valence-corrected chi connectivity index (χ0v) is 8.84. The number of nitrogens with zero attached hydrogens (tertiary/aromatic N) is 3. The summed E-state index contributed by atoms with van der Waals surface area (Å²) in [7, 11) is 0. The number of H-pyrrole nitrogens is 2. The summed E-state index contributed by atoms with van der Waals surface area (Å²) in [6.07, 6.45) is 6.97. The predicted octanol–water partition coefficient (Wildman–Crippen LogP) is 0.0782.